The minimum Gasteiger partial charge on any atom is -0.379 e. The first-order valence-corrected chi connectivity index (χ1v) is 9.50. The minimum absolute atomic E-state index is 0.0242. The maximum Gasteiger partial charge on any atom is 0.261 e. The molecule has 3 rings (SSSR count). The molecule has 1 aliphatic heterocycles. The SMILES string of the molecule is Cc1cccc2c(=O)n(CC(=O)NCC(C(C)C)N3CCOCC3)cnc12. The van der Waals surface area contributed by atoms with E-state index >= 15 is 0 Å². The molecular weight excluding hydrogens is 344 g/mol. The highest BCUT2D eigenvalue weighted by Gasteiger charge is 2.24. The summed E-state index contributed by atoms with van der Waals surface area (Å²) in [5, 5.41) is 3.53. The number of amides is 1. The molecule has 1 fully saturated rings. The van der Waals surface area contributed by atoms with Crippen LogP contribution in [0.25, 0.3) is 10.9 Å². The van der Waals surface area contributed by atoms with Gasteiger partial charge in [0, 0.05) is 25.7 Å². The molecule has 146 valence electrons. The Labute approximate surface area is 159 Å². The van der Waals surface area contributed by atoms with Crippen molar-refractivity contribution in [2.75, 3.05) is 32.8 Å². The molecular formula is C20H28N4O3. The number of ether oxygens (including phenoxy) is 1. The van der Waals surface area contributed by atoms with Gasteiger partial charge in [-0.1, -0.05) is 26.0 Å². The third-order valence-corrected chi connectivity index (χ3v) is 5.16. The van der Waals surface area contributed by atoms with Crippen LogP contribution >= 0.6 is 0 Å². The molecule has 1 atom stereocenters. The van der Waals surface area contributed by atoms with Crippen molar-refractivity contribution in [2.24, 2.45) is 5.92 Å². The van der Waals surface area contributed by atoms with E-state index in [0.29, 0.717) is 23.4 Å². The van der Waals surface area contributed by atoms with E-state index in [1.807, 2.05) is 19.1 Å². The summed E-state index contributed by atoms with van der Waals surface area (Å²) in [6.45, 7) is 10.00. The van der Waals surface area contributed by atoms with Crippen LogP contribution < -0.4 is 10.9 Å². The molecule has 1 aliphatic rings. The largest absolute Gasteiger partial charge is 0.379 e. The average Bonchev–Trinajstić information content (AvgIpc) is 2.65. The Morgan fingerprint density at radius 2 is 2.04 bits per heavy atom. The van der Waals surface area contributed by atoms with Gasteiger partial charge < -0.3 is 10.1 Å². The lowest BCUT2D eigenvalue weighted by atomic mass is 10.0. The van der Waals surface area contributed by atoms with Crippen LogP contribution in [0.5, 0.6) is 0 Å². The van der Waals surface area contributed by atoms with Gasteiger partial charge in [0.05, 0.1) is 30.4 Å². The third-order valence-electron chi connectivity index (χ3n) is 5.16. The Kier molecular flexibility index (Phi) is 6.23. The second kappa shape index (κ2) is 8.63. The van der Waals surface area contributed by atoms with Gasteiger partial charge in [0.25, 0.3) is 5.56 Å². The summed E-state index contributed by atoms with van der Waals surface area (Å²) in [7, 11) is 0. The van der Waals surface area contributed by atoms with E-state index < -0.39 is 0 Å². The summed E-state index contributed by atoms with van der Waals surface area (Å²) in [6, 6.07) is 5.76. The van der Waals surface area contributed by atoms with Crippen molar-refractivity contribution in [3.8, 4) is 0 Å². The van der Waals surface area contributed by atoms with E-state index in [1.54, 1.807) is 6.07 Å². The number of morpholine rings is 1. The maximum atomic E-state index is 12.6. The number of nitrogens with zero attached hydrogens (tertiary/aromatic N) is 3. The summed E-state index contributed by atoms with van der Waals surface area (Å²) in [4.78, 5) is 31.8. The molecule has 1 amide bonds. The summed E-state index contributed by atoms with van der Waals surface area (Å²) < 4.78 is 6.79. The topological polar surface area (TPSA) is 76.5 Å². The zero-order valence-corrected chi connectivity index (χ0v) is 16.3. The molecule has 1 N–H and O–H groups in total. The monoisotopic (exact) mass is 372 g/mol. The van der Waals surface area contributed by atoms with Crippen molar-refractivity contribution >= 4 is 16.8 Å². The predicted molar refractivity (Wildman–Crippen MR) is 105 cm³/mol. The maximum absolute atomic E-state index is 12.6. The number of carbonyl (C=O) groups is 1. The first kappa shape index (κ1) is 19.5. The van der Waals surface area contributed by atoms with E-state index in [9.17, 15) is 9.59 Å². The normalized spacial score (nSPS) is 16.6. The van der Waals surface area contributed by atoms with E-state index in [1.165, 1.54) is 10.9 Å². The standard InChI is InChI=1S/C20H28N4O3/c1-14(2)17(23-7-9-27-10-8-23)11-21-18(25)12-24-13-22-19-15(3)5-4-6-16(19)20(24)26/h4-6,13-14,17H,7-12H2,1-3H3,(H,21,25). The highest BCUT2D eigenvalue weighted by molar-refractivity contribution is 5.81. The quantitative estimate of drug-likeness (QED) is 0.824. The predicted octanol–water partition coefficient (Wildman–Crippen LogP) is 1.18. The second-order valence-electron chi connectivity index (χ2n) is 7.41. The van der Waals surface area contributed by atoms with Gasteiger partial charge in [-0.2, -0.15) is 0 Å². The fraction of sp³-hybridized carbons (Fsp3) is 0.550. The van der Waals surface area contributed by atoms with E-state index in [0.717, 1.165) is 31.9 Å². The van der Waals surface area contributed by atoms with E-state index in [2.05, 4.69) is 29.0 Å². The fourth-order valence-corrected chi connectivity index (χ4v) is 3.57. The van der Waals surface area contributed by atoms with Crippen LogP contribution in [0.15, 0.2) is 29.3 Å². The van der Waals surface area contributed by atoms with Crippen LogP contribution in [-0.4, -0.2) is 59.2 Å². The number of para-hydroxylation sites is 1. The Hall–Kier alpha value is -2.25. The van der Waals surface area contributed by atoms with Gasteiger partial charge in [-0.3, -0.25) is 19.1 Å². The summed E-state index contributed by atoms with van der Waals surface area (Å²) >= 11 is 0. The van der Waals surface area contributed by atoms with Crippen molar-refractivity contribution in [2.45, 2.75) is 33.4 Å². The van der Waals surface area contributed by atoms with Gasteiger partial charge >= 0.3 is 0 Å². The van der Waals surface area contributed by atoms with Crippen LogP contribution in [0.1, 0.15) is 19.4 Å². The molecule has 0 saturated carbocycles. The number of hydrogen-bond acceptors (Lipinski definition) is 5. The van der Waals surface area contributed by atoms with Gasteiger partial charge in [0.2, 0.25) is 5.91 Å². The molecule has 0 spiro atoms. The molecule has 27 heavy (non-hydrogen) atoms. The smallest absolute Gasteiger partial charge is 0.261 e. The Bertz CT molecular complexity index is 856. The Balaban J connectivity index is 1.66. The van der Waals surface area contributed by atoms with Gasteiger partial charge in [0.15, 0.2) is 0 Å². The van der Waals surface area contributed by atoms with Crippen LogP contribution in [0.4, 0.5) is 0 Å². The van der Waals surface area contributed by atoms with Crippen molar-refractivity contribution < 1.29 is 9.53 Å². The first-order valence-electron chi connectivity index (χ1n) is 9.50. The number of benzene rings is 1. The number of hydrogen-bond donors (Lipinski definition) is 1. The lowest BCUT2D eigenvalue weighted by Gasteiger charge is -2.36. The molecule has 2 aromatic rings. The Morgan fingerprint density at radius 3 is 2.74 bits per heavy atom. The summed E-state index contributed by atoms with van der Waals surface area (Å²) in [5.41, 5.74) is 1.45. The number of fused-ring (bicyclic) bond motifs is 1. The summed E-state index contributed by atoms with van der Waals surface area (Å²) in [5.74, 6) is 0.237. The zero-order valence-electron chi connectivity index (χ0n) is 16.3. The summed E-state index contributed by atoms with van der Waals surface area (Å²) in [6.07, 6.45) is 1.46. The molecule has 7 nitrogen and oxygen atoms in total. The van der Waals surface area contributed by atoms with Crippen molar-refractivity contribution in [3.05, 3.63) is 40.4 Å². The lowest BCUT2D eigenvalue weighted by molar-refractivity contribution is -0.122. The molecule has 1 aromatic carbocycles. The van der Waals surface area contributed by atoms with Crippen molar-refractivity contribution in [1.29, 1.82) is 0 Å². The number of carbonyl (C=O) groups excluding carboxylic acids is 1. The molecule has 1 unspecified atom stereocenters. The molecule has 0 radical (unpaired) electrons. The molecule has 0 bridgehead atoms. The molecule has 1 aromatic heterocycles. The molecule has 2 heterocycles. The average molecular weight is 372 g/mol. The second-order valence-corrected chi connectivity index (χ2v) is 7.41. The van der Waals surface area contributed by atoms with Crippen LogP contribution in [0.2, 0.25) is 0 Å². The van der Waals surface area contributed by atoms with Crippen molar-refractivity contribution in [1.82, 2.24) is 19.8 Å². The lowest BCUT2D eigenvalue weighted by Crippen LogP contribution is -2.51. The van der Waals surface area contributed by atoms with E-state index in [4.69, 9.17) is 4.74 Å². The van der Waals surface area contributed by atoms with Crippen molar-refractivity contribution in [3.63, 3.8) is 0 Å². The van der Waals surface area contributed by atoms with Gasteiger partial charge in [0.1, 0.15) is 6.54 Å². The zero-order chi connectivity index (χ0) is 19.4. The highest BCUT2D eigenvalue weighted by Crippen LogP contribution is 2.13. The minimum atomic E-state index is -0.188. The number of aromatic nitrogens is 2. The van der Waals surface area contributed by atoms with Gasteiger partial charge in [-0.05, 0) is 24.5 Å². The molecule has 0 aliphatic carbocycles. The van der Waals surface area contributed by atoms with Crippen LogP contribution in [0.3, 0.4) is 0 Å². The van der Waals surface area contributed by atoms with Gasteiger partial charge in [-0.15, -0.1) is 0 Å². The number of aryl methyl sites for hydroxylation is 1. The number of nitrogens with one attached hydrogen (secondary N) is 1. The van der Waals surface area contributed by atoms with Gasteiger partial charge in [-0.25, -0.2) is 4.98 Å². The van der Waals surface area contributed by atoms with Crippen LogP contribution in [0, 0.1) is 12.8 Å². The highest BCUT2D eigenvalue weighted by atomic mass is 16.5. The fourth-order valence-electron chi connectivity index (χ4n) is 3.57. The molecule has 7 heteroatoms. The van der Waals surface area contributed by atoms with E-state index in [-0.39, 0.29) is 24.1 Å². The number of rotatable bonds is 6. The molecule has 1 saturated heterocycles. The third kappa shape index (κ3) is 4.54. The Morgan fingerprint density at radius 1 is 1.30 bits per heavy atom. The first-order chi connectivity index (χ1) is 13.0. The van der Waals surface area contributed by atoms with Crippen LogP contribution in [-0.2, 0) is 16.1 Å².